The second-order valence-corrected chi connectivity index (χ2v) is 3.77. The first kappa shape index (κ1) is 10.2. The third-order valence-corrected chi connectivity index (χ3v) is 2.60. The zero-order chi connectivity index (χ0) is 10.7. The summed E-state index contributed by atoms with van der Waals surface area (Å²) in [5.74, 6) is 0.110. The van der Waals surface area contributed by atoms with Crippen LogP contribution in [-0.4, -0.2) is 37.1 Å². The highest BCUT2D eigenvalue weighted by atomic mass is 16.5. The third-order valence-electron chi connectivity index (χ3n) is 2.60. The van der Waals surface area contributed by atoms with Crippen LogP contribution in [0.25, 0.3) is 0 Å². The first-order chi connectivity index (χ1) is 7.27. The summed E-state index contributed by atoms with van der Waals surface area (Å²) in [7, 11) is 0. The van der Waals surface area contributed by atoms with E-state index in [4.69, 9.17) is 4.74 Å². The molecule has 0 aromatic heterocycles. The van der Waals surface area contributed by atoms with Gasteiger partial charge < -0.3 is 9.64 Å². The summed E-state index contributed by atoms with van der Waals surface area (Å²) in [5, 5.41) is 0. The van der Waals surface area contributed by atoms with Gasteiger partial charge in [0.25, 0.3) is 5.91 Å². The van der Waals surface area contributed by atoms with Crippen molar-refractivity contribution >= 4 is 5.91 Å². The first-order valence-corrected chi connectivity index (χ1v) is 5.21. The Kier molecular flexibility index (Phi) is 3.02. The average molecular weight is 205 g/mol. The summed E-state index contributed by atoms with van der Waals surface area (Å²) in [6, 6.07) is 7.70. The smallest absolute Gasteiger partial charge is 0.254 e. The Balaban J connectivity index is 2.09. The molecule has 3 nitrogen and oxygen atoms in total. The first-order valence-electron chi connectivity index (χ1n) is 5.21. The lowest BCUT2D eigenvalue weighted by Gasteiger charge is -2.26. The quantitative estimate of drug-likeness (QED) is 0.694. The van der Waals surface area contributed by atoms with Crippen LogP contribution in [0.5, 0.6) is 0 Å². The van der Waals surface area contributed by atoms with Crippen LogP contribution in [0.3, 0.4) is 0 Å². The second kappa shape index (κ2) is 4.45. The number of ether oxygens (including phenoxy) is 1. The fraction of sp³-hybridized carbons (Fsp3) is 0.417. The molecule has 0 radical (unpaired) electrons. The highest BCUT2D eigenvalue weighted by molar-refractivity contribution is 5.94. The standard InChI is InChI=1S/C12H15NO2/c1-10-2-4-11(5-3-10)12(14)13-6-8-15-9-7-13/h2-5H,6-9H2,1H3. The molecular weight excluding hydrogens is 190 g/mol. The number of aryl methyl sites for hydroxylation is 1. The molecular formula is C12H15NO2. The number of hydrogen-bond acceptors (Lipinski definition) is 2. The molecule has 1 fully saturated rings. The summed E-state index contributed by atoms with van der Waals surface area (Å²) in [6.45, 7) is 4.72. The molecule has 0 unspecified atom stereocenters. The number of carbonyl (C=O) groups excluding carboxylic acids is 1. The average Bonchev–Trinajstić information content (AvgIpc) is 2.30. The Morgan fingerprint density at radius 3 is 2.40 bits per heavy atom. The number of morpholine rings is 1. The van der Waals surface area contributed by atoms with E-state index in [1.807, 2.05) is 36.1 Å². The molecule has 2 rings (SSSR count). The van der Waals surface area contributed by atoms with E-state index in [2.05, 4.69) is 0 Å². The Morgan fingerprint density at radius 1 is 1.20 bits per heavy atom. The Morgan fingerprint density at radius 2 is 1.80 bits per heavy atom. The molecule has 15 heavy (non-hydrogen) atoms. The molecule has 0 aliphatic carbocycles. The monoisotopic (exact) mass is 205 g/mol. The van der Waals surface area contributed by atoms with E-state index >= 15 is 0 Å². The number of amides is 1. The van der Waals surface area contributed by atoms with Gasteiger partial charge in [0.2, 0.25) is 0 Å². The SMILES string of the molecule is Cc1ccc(C(=O)N2CCOCC2)cc1. The summed E-state index contributed by atoms with van der Waals surface area (Å²) in [4.78, 5) is 13.8. The van der Waals surface area contributed by atoms with E-state index in [0.717, 1.165) is 5.56 Å². The van der Waals surface area contributed by atoms with E-state index in [9.17, 15) is 4.79 Å². The molecule has 80 valence electrons. The number of benzene rings is 1. The summed E-state index contributed by atoms with van der Waals surface area (Å²) in [6.07, 6.45) is 0. The lowest BCUT2D eigenvalue weighted by atomic mass is 10.1. The molecule has 0 saturated carbocycles. The van der Waals surface area contributed by atoms with Gasteiger partial charge in [-0.1, -0.05) is 17.7 Å². The van der Waals surface area contributed by atoms with Crippen molar-refractivity contribution in [1.29, 1.82) is 0 Å². The largest absolute Gasteiger partial charge is 0.378 e. The number of carbonyl (C=O) groups is 1. The van der Waals surface area contributed by atoms with Gasteiger partial charge in [-0.15, -0.1) is 0 Å². The molecule has 1 aromatic rings. The van der Waals surface area contributed by atoms with Gasteiger partial charge in [-0.05, 0) is 19.1 Å². The number of hydrogen-bond donors (Lipinski definition) is 0. The van der Waals surface area contributed by atoms with Gasteiger partial charge in [-0.3, -0.25) is 4.79 Å². The van der Waals surface area contributed by atoms with Crippen LogP contribution in [0.15, 0.2) is 24.3 Å². The highest BCUT2D eigenvalue weighted by Crippen LogP contribution is 2.08. The van der Waals surface area contributed by atoms with Gasteiger partial charge in [0.05, 0.1) is 13.2 Å². The van der Waals surface area contributed by atoms with E-state index in [0.29, 0.717) is 26.3 Å². The van der Waals surface area contributed by atoms with Gasteiger partial charge in [0, 0.05) is 18.7 Å². The number of nitrogens with zero attached hydrogens (tertiary/aromatic N) is 1. The zero-order valence-electron chi connectivity index (χ0n) is 8.90. The minimum Gasteiger partial charge on any atom is -0.378 e. The Bertz CT molecular complexity index is 339. The minimum absolute atomic E-state index is 0.110. The molecule has 1 aromatic carbocycles. The van der Waals surface area contributed by atoms with Gasteiger partial charge in [0.15, 0.2) is 0 Å². The van der Waals surface area contributed by atoms with Crippen molar-refractivity contribution in [2.24, 2.45) is 0 Å². The van der Waals surface area contributed by atoms with Gasteiger partial charge in [0.1, 0.15) is 0 Å². The molecule has 1 aliphatic rings. The van der Waals surface area contributed by atoms with Crippen molar-refractivity contribution in [1.82, 2.24) is 4.90 Å². The van der Waals surface area contributed by atoms with Crippen molar-refractivity contribution < 1.29 is 9.53 Å². The minimum atomic E-state index is 0.110. The van der Waals surface area contributed by atoms with Gasteiger partial charge in [-0.2, -0.15) is 0 Å². The normalized spacial score (nSPS) is 16.5. The Labute approximate surface area is 89.7 Å². The van der Waals surface area contributed by atoms with Crippen LogP contribution < -0.4 is 0 Å². The van der Waals surface area contributed by atoms with Gasteiger partial charge >= 0.3 is 0 Å². The summed E-state index contributed by atoms with van der Waals surface area (Å²) in [5.41, 5.74) is 1.94. The van der Waals surface area contributed by atoms with E-state index in [-0.39, 0.29) is 5.91 Å². The van der Waals surface area contributed by atoms with Crippen LogP contribution in [0.4, 0.5) is 0 Å². The molecule has 0 N–H and O–H groups in total. The molecule has 1 amide bonds. The van der Waals surface area contributed by atoms with Crippen LogP contribution in [-0.2, 0) is 4.74 Å². The molecule has 0 spiro atoms. The molecule has 0 atom stereocenters. The van der Waals surface area contributed by atoms with Crippen molar-refractivity contribution in [2.45, 2.75) is 6.92 Å². The molecule has 1 aliphatic heterocycles. The second-order valence-electron chi connectivity index (χ2n) is 3.77. The third kappa shape index (κ3) is 2.36. The van der Waals surface area contributed by atoms with Crippen molar-refractivity contribution in [3.8, 4) is 0 Å². The van der Waals surface area contributed by atoms with Gasteiger partial charge in [-0.25, -0.2) is 0 Å². The van der Waals surface area contributed by atoms with E-state index < -0.39 is 0 Å². The van der Waals surface area contributed by atoms with Crippen LogP contribution >= 0.6 is 0 Å². The van der Waals surface area contributed by atoms with Crippen molar-refractivity contribution in [3.63, 3.8) is 0 Å². The van der Waals surface area contributed by atoms with Crippen LogP contribution in [0.2, 0.25) is 0 Å². The van der Waals surface area contributed by atoms with Crippen molar-refractivity contribution in [3.05, 3.63) is 35.4 Å². The fourth-order valence-electron chi connectivity index (χ4n) is 1.65. The predicted molar refractivity (Wildman–Crippen MR) is 57.9 cm³/mol. The van der Waals surface area contributed by atoms with Crippen molar-refractivity contribution in [2.75, 3.05) is 26.3 Å². The lowest BCUT2D eigenvalue weighted by Crippen LogP contribution is -2.40. The topological polar surface area (TPSA) is 29.5 Å². The van der Waals surface area contributed by atoms with E-state index in [1.165, 1.54) is 5.56 Å². The summed E-state index contributed by atoms with van der Waals surface area (Å²) >= 11 is 0. The highest BCUT2D eigenvalue weighted by Gasteiger charge is 2.17. The maximum atomic E-state index is 12.0. The molecule has 3 heteroatoms. The van der Waals surface area contributed by atoms with Crippen LogP contribution in [0.1, 0.15) is 15.9 Å². The molecule has 1 heterocycles. The number of rotatable bonds is 1. The fourth-order valence-corrected chi connectivity index (χ4v) is 1.65. The maximum absolute atomic E-state index is 12.0. The zero-order valence-corrected chi connectivity index (χ0v) is 8.90. The lowest BCUT2D eigenvalue weighted by molar-refractivity contribution is 0.0303. The molecule has 1 saturated heterocycles. The van der Waals surface area contributed by atoms with E-state index in [1.54, 1.807) is 0 Å². The maximum Gasteiger partial charge on any atom is 0.254 e. The Hall–Kier alpha value is -1.35. The van der Waals surface area contributed by atoms with Crippen LogP contribution in [0, 0.1) is 6.92 Å². The molecule has 0 bridgehead atoms. The predicted octanol–water partition coefficient (Wildman–Crippen LogP) is 1.47. The summed E-state index contributed by atoms with van der Waals surface area (Å²) < 4.78 is 5.21.